The molecule has 6 nitrogen and oxygen atoms in total. The lowest BCUT2D eigenvalue weighted by atomic mass is 10.2. The molecule has 0 fully saturated rings. The normalized spacial score (nSPS) is 11.5. The van der Waals surface area contributed by atoms with Crippen molar-refractivity contribution in [1.29, 1.82) is 0 Å². The maximum atomic E-state index is 12.0. The molecule has 0 aliphatic carbocycles. The molecule has 132 valence electrons. The molecule has 0 aliphatic rings. The van der Waals surface area contributed by atoms with E-state index in [2.05, 4.69) is 10.5 Å². The van der Waals surface area contributed by atoms with E-state index in [4.69, 9.17) is 23.2 Å². The Morgan fingerprint density at radius 3 is 2.44 bits per heavy atom. The van der Waals surface area contributed by atoms with Crippen molar-refractivity contribution in [3.05, 3.63) is 64.1 Å². The van der Waals surface area contributed by atoms with Gasteiger partial charge in [0.25, 0.3) is 5.91 Å². The third-order valence-corrected chi connectivity index (χ3v) is 4.68. The largest absolute Gasteiger partial charge is 0.271 e. The molecule has 0 radical (unpaired) electrons. The Balaban J connectivity index is 2.06. The molecular weight excluding hydrogens is 385 g/mol. The van der Waals surface area contributed by atoms with Crippen LogP contribution in [0.2, 0.25) is 10.0 Å². The Morgan fingerprint density at radius 1 is 1.16 bits per heavy atom. The molecule has 0 saturated heterocycles. The second-order valence-corrected chi connectivity index (χ2v) is 7.87. The van der Waals surface area contributed by atoms with Gasteiger partial charge in [0.1, 0.15) is 6.54 Å². The fourth-order valence-corrected chi connectivity index (χ4v) is 3.08. The molecular formula is C16H15Cl2N3O3S. The lowest BCUT2D eigenvalue weighted by Gasteiger charge is -2.21. The van der Waals surface area contributed by atoms with Crippen LogP contribution < -0.4 is 9.73 Å². The van der Waals surface area contributed by atoms with E-state index in [-0.39, 0.29) is 0 Å². The minimum Gasteiger partial charge on any atom is -0.271 e. The molecule has 2 aromatic rings. The summed E-state index contributed by atoms with van der Waals surface area (Å²) in [4.78, 5) is 12.0. The molecule has 0 bridgehead atoms. The Morgan fingerprint density at radius 2 is 1.84 bits per heavy atom. The van der Waals surface area contributed by atoms with E-state index in [9.17, 15) is 13.2 Å². The van der Waals surface area contributed by atoms with Gasteiger partial charge in [-0.1, -0.05) is 41.4 Å². The predicted molar refractivity (Wildman–Crippen MR) is 101 cm³/mol. The number of amides is 1. The molecule has 25 heavy (non-hydrogen) atoms. The number of halogens is 2. The second kappa shape index (κ2) is 8.33. The average molecular weight is 400 g/mol. The molecule has 0 heterocycles. The highest BCUT2D eigenvalue weighted by Gasteiger charge is 2.20. The highest BCUT2D eigenvalue weighted by atomic mass is 35.5. The first-order valence-electron chi connectivity index (χ1n) is 7.06. The molecule has 1 amide bonds. The van der Waals surface area contributed by atoms with Gasteiger partial charge < -0.3 is 0 Å². The zero-order valence-electron chi connectivity index (χ0n) is 13.2. The van der Waals surface area contributed by atoms with Crippen molar-refractivity contribution >= 4 is 51.0 Å². The van der Waals surface area contributed by atoms with E-state index in [0.29, 0.717) is 15.7 Å². The van der Waals surface area contributed by atoms with Crippen molar-refractivity contribution in [2.24, 2.45) is 5.10 Å². The summed E-state index contributed by atoms with van der Waals surface area (Å²) < 4.78 is 24.9. The lowest BCUT2D eigenvalue weighted by molar-refractivity contribution is -0.119. The fourth-order valence-electron chi connectivity index (χ4n) is 1.92. The van der Waals surface area contributed by atoms with E-state index in [0.717, 1.165) is 16.1 Å². The summed E-state index contributed by atoms with van der Waals surface area (Å²) in [6.07, 6.45) is 2.44. The standard InChI is InChI=1S/C16H15Cl2N3O3S/c1-25(23,24)21(15-4-2-3-14(18)9-15)11-16(22)20-19-10-12-5-7-13(17)8-6-12/h2-10H,11H2,1H3,(H,20,22)/b19-10-. The molecule has 2 rings (SSSR count). The van der Waals surface area contributed by atoms with Crippen molar-refractivity contribution in [2.75, 3.05) is 17.1 Å². The van der Waals surface area contributed by atoms with E-state index < -0.39 is 22.5 Å². The Hall–Kier alpha value is -2.09. The van der Waals surface area contributed by atoms with Crippen molar-refractivity contribution in [2.45, 2.75) is 0 Å². The van der Waals surface area contributed by atoms with Gasteiger partial charge in [-0.05, 0) is 35.9 Å². The fraction of sp³-hybridized carbons (Fsp3) is 0.125. The van der Waals surface area contributed by atoms with Crippen LogP contribution in [0.25, 0.3) is 0 Å². The molecule has 0 aliphatic heterocycles. The van der Waals surface area contributed by atoms with Crippen LogP contribution in [0.5, 0.6) is 0 Å². The predicted octanol–water partition coefficient (Wildman–Crippen LogP) is 2.91. The van der Waals surface area contributed by atoms with Gasteiger partial charge >= 0.3 is 0 Å². The average Bonchev–Trinajstić information content (AvgIpc) is 2.53. The van der Waals surface area contributed by atoms with Crippen LogP contribution in [0.15, 0.2) is 53.6 Å². The molecule has 1 N–H and O–H groups in total. The summed E-state index contributed by atoms with van der Waals surface area (Å²) in [5.41, 5.74) is 3.32. The maximum Gasteiger partial charge on any atom is 0.260 e. The van der Waals surface area contributed by atoms with Crippen LogP contribution in [-0.4, -0.2) is 33.3 Å². The number of anilines is 1. The van der Waals surface area contributed by atoms with Gasteiger partial charge in [0.05, 0.1) is 18.2 Å². The number of carbonyl (C=O) groups is 1. The van der Waals surface area contributed by atoms with Crippen LogP contribution >= 0.6 is 23.2 Å². The smallest absolute Gasteiger partial charge is 0.260 e. The van der Waals surface area contributed by atoms with E-state index in [1.165, 1.54) is 12.3 Å². The van der Waals surface area contributed by atoms with Gasteiger partial charge in [-0.25, -0.2) is 13.8 Å². The topological polar surface area (TPSA) is 78.8 Å². The number of nitrogens with zero attached hydrogens (tertiary/aromatic N) is 2. The van der Waals surface area contributed by atoms with Gasteiger partial charge in [0.15, 0.2) is 0 Å². The third kappa shape index (κ3) is 6.04. The maximum absolute atomic E-state index is 12.0. The van der Waals surface area contributed by atoms with Crippen LogP contribution in [0, 0.1) is 0 Å². The summed E-state index contributed by atoms with van der Waals surface area (Å²) in [6.45, 7) is -0.420. The number of hydrogen-bond acceptors (Lipinski definition) is 4. The Labute approximate surface area is 156 Å². The van der Waals surface area contributed by atoms with Crippen molar-refractivity contribution < 1.29 is 13.2 Å². The van der Waals surface area contributed by atoms with Gasteiger partial charge in [0, 0.05) is 10.0 Å². The molecule has 0 unspecified atom stereocenters. The summed E-state index contributed by atoms with van der Waals surface area (Å²) in [7, 11) is -3.66. The van der Waals surface area contributed by atoms with Crippen LogP contribution in [0.4, 0.5) is 5.69 Å². The number of hydrazone groups is 1. The lowest BCUT2D eigenvalue weighted by Crippen LogP contribution is -2.39. The van der Waals surface area contributed by atoms with Crippen molar-refractivity contribution in [3.8, 4) is 0 Å². The van der Waals surface area contributed by atoms with Crippen LogP contribution in [-0.2, 0) is 14.8 Å². The summed E-state index contributed by atoms with van der Waals surface area (Å²) in [5, 5.41) is 4.76. The summed E-state index contributed by atoms with van der Waals surface area (Å²) >= 11 is 11.7. The zero-order chi connectivity index (χ0) is 18.4. The highest BCUT2D eigenvalue weighted by Crippen LogP contribution is 2.21. The number of hydrogen-bond donors (Lipinski definition) is 1. The molecule has 0 atom stereocenters. The van der Waals surface area contributed by atoms with Gasteiger partial charge in [-0.15, -0.1) is 0 Å². The number of carbonyl (C=O) groups excluding carboxylic acids is 1. The van der Waals surface area contributed by atoms with E-state index in [1.54, 1.807) is 42.5 Å². The molecule has 2 aromatic carbocycles. The van der Waals surface area contributed by atoms with E-state index >= 15 is 0 Å². The third-order valence-electron chi connectivity index (χ3n) is 3.06. The highest BCUT2D eigenvalue weighted by molar-refractivity contribution is 7.92. The first kappa shape index (κ1) is 19.2. The molecule has 0 aromatic heterocycles. The first-order valence-corrected chi connectivity index (χ1v) is 9.67. The SMILES string of the molecule is CS(=O)(=O)N(CC(=O)N/N=C\c1ccc(Cl)cc1)c1cccc(Cl)c1. The number of benzene rings is 2. The quantitative estimate of drug-likeness (QED) is 0.598. The second-order valence-electron chi connectivity index (χ2n) is 5.09. The van der Waals surface area contributed by atoms with Crippen molar-refractivity contribution in [3.63, 3.8) is 0 Å². The minimum absolute atomic E-state index is 0.298. The monoisotopic (exact) mass is 399 g/mol. The summed E-state index contributed by atoms with van der Waals surface area (Å²) in [6, 6.07) is 13.1. The van der Waals surface area contributed by atoms with E-state index in [1.807, 2.05) is 0 Å². The molecule has 9 heteroatoms. The summed E-state index contributed by atoms with van der Waals surface area (Å²) in [5.74, 6) is -0.587. The molecule has 0 saturated carbocycles. The van der Waals surface area contributed by atoms with Gasteiger partial charge in [0.2, 0.25) is 10.0 Å². The first-order chi connectivity index (χ1) is 11.8. The van der Waals surface area contributed by atoms with Crippen molar-refractivity contribution in [1.82, 2.24) is 5.43 Å². The molecule has 0 spiro atoms. The number of rotatable bonds is 6. The Kier molecular flexibility index (Phi) is 6.41. The minimum atomic E-state index is -3.66. The Bertz CT molecular complexity index is 884. The zero-order valence-corrected chi connectivity index (χ0v) is 15.5. The van der Waals surface area contributed by atoms with Crippen LogP contribution in [0.3, 0.4) is 0 Å². The van der Waals surface area contributed by atoms with Gasteiger partial charge in [-0.3, -0.25) is 9.10 Å². The van der Waals surface area contributed by atoms with Gasteiger partial charge in [-0.2, -0.15) is 5.10 Å². The number of sulfonamides is 1. The number of nitrogens with one attached hydrogen (secondary N) is 1. The van der Waals surface area contributed by atoms with Crippen LogP contribution in [0.1, 0.15) is 5.56 Å².